The first kappa shape index (κ1) is 16.4. The van der Waals surface area contributed by atoms with Crippen molar-refractivity contribution in [1.82, 2.24) is 10.2 Å². The van der Waals surface area contributed by atoms with Crippen LogP contribution in [-0.2, 0) is 11.3 Å². The molecule has 1 atom stereocenters. The lowest BCUT2D eigenvalue weighted by atomic mass is 10.1. The number of benzene rings is 1. The minimum absolute atomic E-state index is 0.246. The lowest BCUT2D eigenvalue weighted by Gasteiger charge is -2.24. The second-order valence-corrected chi connectivity index (χ2v) is 5.51. The molecule has 0 bridgehead atoms. The van der Waals surface area contributed by atoms with Crippen LogP contribution in [0.25, 0.3) is 0 Å². The highest BCUT2D eigenvalue weighted by molar-refractivity contribution is 5.79. The molecule has 6 heteroatoms. The van der Waals surface area contributed by atoms with Crippen LogP contribution >= 0.6 is 0 Å². The van der Waals surface area contributed by atoms with Crippen molar-refractivity contribution in [1.29, 1.82) is 0 Å². The maximum atomic E-state index is 9.92. The van der Waals surface area contributed by atoms with E-state index >= 15 is 0 Å². The quantitative estimate of drug-likeness (QED) is 0.636. The summed E-state index contributed by atoms with van der Waals surface area (Å²) in [6.45, 7) is 3.06. The number of guanidine groups is 1. The lowest BCUT2D eigenvalue weighted by molar-refractivity contribution is 0.181. The van der Waals surface area contributed by atoms with E-state index in [4.69, 9.17) is 9.47 Å². The van der Waals surface area contributed by atoms with Crippen LogP contribution in [0, 0.1) is 5.92 Å². The average Bonchev–Trinajstić information content (AvgIpc) is 3.02. The van der Waals surface area contributed by atoms with Gasteiger partial charge in [-0.05, 0) is 24.6 Å². The SMILES string of the molecule is CN=C(NCc1cc(OC)ccc1O)N(C)CC1CCOC1. The predicted octanol–water partition coefficient (Wildman–Crippen LogP) is 1.44. The van der Waals surface area contributed by atoms with Crippen molar-refractivity contribution >= 4 is 5.96 Å². The topological polar surface area (TPSA) is 66.3 Å². The Hall–Kier alpha value is -1.95. The van der Waals surface area contributed by atoms with Gasteiger partial charge in [0.25, 0.3) is 0 Å². The molecule has 0 aliphatic carbocycles. The second kappa shape index (κ2) is 7.89. The molecule has 2 rings (SSSR count). The molecule has 1 unspecified atom stereocenters. The van der Waals surface area contributed by atoms with Crippen molar-refractivity contribution in [2.24, 2.45) is 10.9 Å². The van der Waals surface area contributed by atoms with Crippen molar-refractivity contribution in [2.75, 3.05) is 41.0 Å². The van der Waals surface area contributed by atoms with Crippen molar-refractivity contribution in [3.8, 4) is 11.5 Å². The number of ether oxygens (including phenoxy) is 2. The van der Waals surface area contributed by atoms with Gasteiger partial charge in [0.05, 0.1) is 13.7 Å². The molecule has 1 aliphatic heterocycles. The number of nitrogens with one attached hydrogen (secondary N) is 1. The average molecular weight is 307 g/mol. The summed E-state index contributed by atoms with van der Waals surface area (Å²) in [5.74, 6) is 2.32. The number of rotatable bonds is 5. The largest absolute Gasteiger partial charge is 0.508 e. The summed E-state index contributed by atoms with van der Waals surface area (Å²) >= 11 is 0. The van der Waals surface area contributed by atoms with Crippen molar-refractivity contribution in [3.05, 3.63) is 23.8 Å². The van der Waals surface area contributed by atoms with Crippen LogP contribution in [0.4, 0.5) is 0 Å². The number of hydrogen-bond acceptors (Lipinski definition) is 4. The smallest absolute Gasteiger partial charge is 0.193 e. The third kappa shape index (κ3) is 4.27. The molecule has 2 N–H and O–H groups in total. The van der Waals surface area contributed by atoms with Gasteiger partial charge in [-0.2, -0.15) is 0 Å². The van der Waals surface area contributed by atoms with Crippen molar-refractivity contribution in [2.45, 2.75) is 13.0 Å². The van der Waals surface area contributed by atoms with E-state index in [1.54, 1.807) is 26.3 Å². The third-order valence-corrected chi connectivity index (χ3v) is 3.85. The van der Waals surface area contributed by atoms with E-state index in [1.165, 1.54) is 0 Å². The Morgan fingerprint density at radius 2 is 2.36 bits per heavy atom. The Labute approximate surface area is 131 Å². The van der Waals surface area contributed by atoms with E-state index in [2.05, 4.69) is 15.2 Å². The molecule has 0 aromatic heterocycles. The summed E-state index contributed by atoms with van der Waals surface area (Å²) in [7, 11) is 5.38. The molecule has 1 fully saturated rings. The van der Waals surface area contributed by atoms with E-state index in [0.717, 1.165) is 43.5 Å². The zero-order chi connectivity index (χ0) is 15.9. The molecule has 0 saturated carbocycles. The lowest BCUT2D eigenvalue weighted by Crippen LogP contribution is -2.41. The van der Waals surface area contributed by atoms with Gasteiger partial charge in [0.2, 0.25) is 0 Å². The summed E-state index contributed by atoms with van der Waals surface area (Å²) in [5.41, 5.74) is 0.776. The number of aromatic hydroxyl groups is 1. The van der Waals surface area contributed by atoms with Crippen LogP contribution in [0.5, 0.6) is 11.5 Å². The zero-order valence-corrected chi connectivity index (χ0v) is 13.5. The number of phenols is 1. The molecule has 0 radical (unpaired) electrons. The highest BCUT2D eigenvalue weighted by atomic mass is 16.5. The van der Waals surface area contributed by atoms with E-state index in [1.807, 2.05) is 13.1 Å². The van der Waals surface area contributed by atoms with E-state index in [0.29, 0.717) is 12.5 Å². The van der Waals surface area contributed by atoms with Gasteiger partial charge < -0.3 is 24.8 Å². The van der Waals surface area contributed by atoms with Gasteiger partial charge in [0.15, 0.2) is 5.96 Å². The fraction of sp³-hybridized carbons (Fsp3) is 0.562. The molecule has 1 aliphatic rings. The number of nitrogens with zero attached hydrogens (tertiary/aromatic N) is 2. The molecule has 0 amide bonds. The van der Waals surface area contributed by atoms with E-state index < -0.39 is 0 Å². The Morgan fingerprint density at radius 1 is 1.55 bits per heavy atom. The molecule has 1 heterocycles. The van der Waals surface area contributed by atoms with Crippen LogP contribution in [0.2, 0.25) is 0 Å². The van der Waals surface area contributed by atoms with Gasteiger partial charge >= 0.3 is 0 Å². The van der Waals surface area contributed by atoms with Gasteiger partial charge in [-0.15, -0.1) is 0 Å². The maximum absolute atomic E-state index is 9.92. The molecular formula is C16H25N3O3. The molecule has 6 nitrogen and oxygen atoms in total. The molecule has 22 heavy (non-hydrogen) atoms. The first-order valence-corrected chi connectivity index (χ1v) is 7.49. The standard InChI is InChI=1S/C16H25N3O3/c1-17-16(19(2)10-12-6-7-22-11-12)18-9-13-8-14(21-3)4-5-15(13)20/h4-5,8,12,20H,6-7,9-11H2,1-3H3,(H,17,18). The Balaban J connectivity index is 1.93. The van der Waals surface area contributed by atoms with Crippen LogP contribution in [-0.4, -0.2) is 56.9 Å². The van der Waals surface area contributed by atoms with Gasteiger partial charge in [-0.1, -0.05) is 0 Å². The Bertz CT molecular complexity index is 513. The van der Waals surface area contributed by atoms with Crippen LogP contribution in [0.15, 0.2) is 23.2 Å². The maximum Gasteiger partial charge on any atom is 0.193 e. The van der Waals surface area contributed by atoms with Crippen LogP contribution < -0.4 is 10.1 Å². The monoisotopic (exact) mass is 307 g/mol. The molecule has 0 spiro atoms. The fourth-order valence-corrected chi connectivity index (χ4v) is 2.59. The van der Waals surface area contributed by atoms with Crippen molar-refractivity contribution < 1.29 is 14.6 Å². The van der Waals surface area contributed by atoms with Gasteiger partial charge in [0.1, 0.15) is 11.5 Å². The van der Waals surface area contributed by atoms with Crippen LogP contribution in [0.3, 0.4) is 0 Å². The highest BCUT2D eigenvalue weighted by Crippen LogP contribution is 2.22. The first-order chi connectivity index (χ1) is 10.6. The minimum atomic E-state index is 0.246. The first-order valence-electron chi connectivity index (χ1n) is 7.49. The third-order valence-electron chi connectivity index (χ3n) is 3.85. The van der Waals surface area contributed by atoms with Crippen LogP contribution in [0.1, 0.15) is 12.0 Å². The summed E-state index contributed by atoms with van der Waals surface area (Å²) < 4.78 is 10.6. The molecule has 1 saturated heterocycles. The van der Waals surface area contributed by atoms with Gasteiger partial charge in [0, 0.05) is 45.3 Å². The van der Waals surface area contributed by atoms with Gasteiger partial charge in [-0.3, -0.25) is 4.99 Å². The summed E-state index contributed by atoms with van der Waals surface area (Å²) in [6.07, 6.45) is 1.10. The number of aliphatic imine (C=N–C) groups is 1. The molecular weight excluding hydrogens is 282 g/mol. The Morgan fingerprint density at radius 3 is 3.00 bits per heavy atom. The second-order valence-electron chi connectivity index (χ2n) is 5.51. The Kier molecular flexibility index (Phi) is 5.89. The number of hydrogen-bond donors (Lipinski definition) is 2. The molecule has 122 valence electrons. The predicted molar refractivity (Wildman–Crippen MR) is 86.4 cm³/mol. The normalized spacial score (nSPS) is 18.3. The van der Waals surface area contributed by atoms with E-state index in [-0.39, 0.29) is 5.75 Å². The van der Waals surface area contributed by atoms with Gasteiger partial charge in [-0.25, -0.2) is 0 Å². The highest BCUT2D eigenvalue weighted by Gasteiger charge is 2.19. The number of phenolic OH excluding ortho intramolecular Hbond substituents is 1. The number of methoxy groups -OCH3 is 1. The molecule has 1 aromatic rings. The van der Waals surface area contributed by atoms with E-state index in [9.17, 15) is 5.11 Å². The van der Waals surface area contributed by atoms with Crippen molar-refractivity contribution in [3.63, 3.8) is 0 Å². The minimum Gasteiger partial charge on any atom is -0.508 e. The summed E-state index contributed by atoms with van der Waals surface area (Å²) in [5, 5.41) is 13.2. The molecule has 1 aromatic carbocycles. The summed E-state index contributed by atoms with van der Waals surface area (Å²) in [4.78, 5) is 6.39. The zero-order valence-electron chi connectivity index (χ0n) is 13.5. The summed E-state index contributed by atoms with van der Waals surface area (Å²) in [6, 6.07) is 5.19. The fourth-order valence-electron chi connectivity index (χ4n) is 2.59.